The SMILES string of the molecule is Cn1c(-c2ccc(C=O)c(-n3ccn4c5c(cc4c3=O)CCCC5)n2)c(Nc2ccc(N3CCNC[C@@]3(C)C3CCO3)cn2)ccc1=O. The monoisotopic (exact) mass is 646 g/mol. The lowest BCUT2D eigenvalue weighted by molar-refractivity contribution is -0.0938. The first kappa shape index (κ1) is 30.3. The van der Waals surface area contributed by atoms with E-state index in [4.69, 9.17) is 14.7 Å². The standard InChI is InChI=1S/C36H38N8O4/c1-36(30-13-18-48-30)22-37-14-15-44(36)25-8-11-31(38-20-25)39-26-10-12-32(46)41(2)33(26)27-9-7-24(21-45)34(40-27)43-17-16-42-28-6-4-3-5-23(28)19-29(42)35(43)47/h7-12,16-17,19-21,30,37H,3-6,13-15,18,22H2,1-2H3,(H,38,39)/t30?,36-/m0/s1. The van der Waals surface area contributed by atoms with E-state index in [1.165, 1.54) is 26.5 Å². The first-order valence-corrected chi connectivity index (χ1v) is 16.6. The number of carbonyl (C=O) groups is 1. The average Bonchev–Trinajstić information content (AvgIpc) is 3.46. The highest BCUT2D eigenvalue weighted by atomic mass is 16.5. The fourth-order valence-electron chi connectivity index (χ4n) is 7.55. The van der Waals surface area contributed by atoms with E-state index >= 15 is 0 Å². The van der Waals surface area contributed by atoms with E-state index < -0.39 is 0 Å². The Morgan fingerprint density at radius 1 is 1.08 bits per heavy atom. The molecule has 48 heavy (non-hydrogen) atoms. The van der Waals surface area contributed by atoms with Crippen LogP contribution in [0.5, 0.6) is 0 Å². The van der Waals surface area contributed by atoms with Crippen LogP contribution in [-0.2, 0) is 24.6 Å². The summed E-state index contributed by atoms with van der Waals surface area (Å²) in [5, 5.41) is 6.89. The molecule has 0 saturated carbocycles. The maximum atomic E-state index is 13.8. The molecule has 2 atom stereocenters. The molecule has 2 aliphatic heterocycles. The minimum atomic E-state index is -0.256. The molecule has 8 rings (SSSR count). The Balaban J connectivity index is 1.15. The molecule has 0 aromatic carbocycles. The van der Waals surface area contributed by atoms with Crippen LogP contribution in [0, 0.1) is 0 Å². The van der Waals surface area contributed by atoms with E-state index in [9.17, 15) is 14.4 Å². The van der Waals surface area contributed by atoms with Gasteiger partial charge in [0.15, 0.2) is 12.1 Å². The number of hydrogen-bond acceptors (Lipinski definition) is 9. The van der Waals surface area contributed by atoms with Gasteiger partial charge in [-0.3, -0.25) is 19.0 Å². The molecular formula is C36H38N8O4. The number of piperazine rings is 1. The van der Waals surface area contributed by atoms with E-state index in [0.29, 0.717) is 34.7 Å². The summed E-state index contributed by atoms with van der Waals surface area (Å²) in [6.45, 7) is 5.61. The Morgan fingerprint density at radius 2 is 1.94 bits per heavy atom. The van der Waals surface area contributed by atoms with Gasteiger partial charge in [-0.25, -0.2) is 9.97 Å². The Bertz CT molecular complexity index is 2160. The van der Waals surface area contributed by atoms with Crippen LogP contribution in [0.4, 0.5) is 17.2 Å². The van der Waals surface area contributed by atoms with Gasteiger partial charge < -0.3 is 29.2 Å². The van der Waals surface area contributed by atoms with E-state index in [2.05, 4.69) is 28.5 Å². The molecule has 12 heteroatoms. The molecular weight excluding hydrogens is 608 g/mol. The molecule has 0 amide bonds. The van der Waals surface area contributed by atoms with Crippen LogP contribution in [0.3, 0.4) is 0 Å². The number of nitrogens with zero attached hydrogens (tertiary/aromatic N) is 6. The Kier molecular flexibility index (Phi) is 7.49. The van der Waals surface area contributed by atoms with Crippen molar-refractivity contribution >= 4 is 29.0 Å². The van der Waals surface area contributed by atoms with Gasteiger partial charge in [-0.2, -0.15) is 0 Å². The van der Waals surface area contributed by atoms with Crippen molar-refractivity contribution in [2.24, 2.45) is 7.05 Å². The Hall–Kier alpha value is -5.07. The number of aryl methyl sites for hydroxylation is 2. The summed E-state index contributed by atoms with van der Waals surface area (Å²) >= 11 is 0. The maximum absolute atomic E-state index is 13.8. The summed E-state index contributed by atoms with van der Waals surface area (Å²) in [5.74, 6) is 0.799. The lowest BCUT2D eigenvalue weighted by atomic mass is 9.85. The van der Waals surface area contributed by atoms with Crippen molar-refractivity contribution in [3.05, 3.63) is 98.6 Å². The number of nitrogens with one attached hydrogen (secondary N) is 2. The summed E-state index contributed by atoms with van der Waals surface area (Å²) < 4.78 is 10.8. The Labute approximate surface area is 277 Å². The third-order valence-electron chi connectivity index (χ3n) is 10.3. The van der Waals surface area contributed by atoms with Crippen molar-refractivity contribution in [2.45, 2.75) is 50.7 Å². The van der Waals surface area contributed by atoms with Gasteiger partial charge in [-0.15, -0.1) is 0 Å². The highest BCUT2D eigenvalue weighted by Crippen LogP contribution is 2.35. The Morgan fingerprint density at radius 3 is 2.71 bits per heavy atom. The molecule has 5 aromatic rings. The smallest absolute Gasteiger partial charge is 0.280 e. The van der Waals surface area contributed by atoms with Gasteiger partial charge in [0.2, 0.25) is 0 Å². The summed E-state index contributed by atoms with van der Waals surface area (Å²) in [5.41, 5.74) is 5.08. The number of aromatic nitrogens is 5. The van der Waals surface area contributed by atoms with Crippen LogP contribution >= 0.6 is 0 Å². The van der Waals surface area contributed by atoms with Gasteiger partial charge in [-0.05, 0) is 81.0 Å². The predicted molar refractivity (Wildman–Crippen MR) is 184 cm³/mol. The number of pyridine rings is 3. The molecule has 1 aliphatic carbocycles. The van der Waals surface area contributed by atoms with Crippen molar-refractivity contribution in [3.63, 3.8) is 0 Å². The first-order valence-electron chi connectivity index (χ1n) is 16.6. The second-order valence-corrected chi connectivity index (χ2v) is 13.1. The summed E-state index contributed by atoms with van der Waals surface area (Å²) in [4.78, 5) is 50.9. The quantitative estimate of drug-likeness (QED) is 0.255. The molecule has 12 nitrogen and oxygen atoms in total. The second kappa shape index (κ2) is 11.9. The minimum absolute atomic E-state index is 0.164. The summed E-state index contributed by atoms with van der Waals surface area (Å²) in [6.07, 6.45) is 11.4. The number of anilines is 3. The molecule has 2 fully saturated rings. The van der Waals surface area contributed by atoms with Crippen LogP contribution in [-0.4, -0.2) is 67.7 Å². The first-order chi connectivity index (χ1) is 23.4. The van der Waals surface area contributed by atoms with Crippen molar-refractivity contribution in [2.75, 3.05) is 36.5 Å². The van der Waals surface area contributed by atoms with Crippen LogP contribution in [0.25, 0.3) is 22.7 Å². The molecule has 3 aliphatic rings. The third-order valence-corrected chi connectivity index (χ3v) is 10.3. The van der Waals surface area contributed by atoms with Crippen LogP contribution in [0.2, 0.25) is 0 Å². The summed E-state index contributed by atoms with van der Waals surface area (Å²) in [7, 11) is 1.67. The zero-order valence-corrected chi connectivity index (χ0v) is 27.1. The molecule has 7 heterocycles. The normalized spacial score (nSPS) is 20.7. The van der Waals surface area contributed by atoms with Gasteiger partial charge in [0.25, 0.3) is 11.1 Å². The van der Waals surface area contributed by atoms with Gasteiger partial charge in [-0.1, -0.05) is 0 Å². The fraction of sp³-hybridized carbons (Fsp3) is 0.361. The van der Waals surface area contributed by atoms with E-state index in [-0.39, 0.29) is 34.1 Å². The molecule has 2 N–H and O–H groups in total. The van der Waals surface area contributed by atoms with E-state index in [1.807, 2.05) is 28.9 Å². The van der Waals surface area contributed by atoms with Crippen LogP contribution < -0.4 is 26.7 Å². The van der Waals surface area contributed by atoms with Crippen molar-refractivity contribution in [3.8, 4) is 17.2 Å². The zero-order chi connectivity index (χ0) is 33.0. The van der Waals surface area contributed by atoms with Crippen LogP contribution in [0.1, 0.15) is 47.8 Å². The van der Waals surface area contributed by atoms with Crippen LogP contribution in [0.15, 0.2) is 70.6 Å². The van der Waals surface area contributed by atoms with Gasteiger partial charge in [0.05, 0.1) is 46.2 Å². The largest absolute Gasteiger partial charge is 0.376 e. The summed E-state index contributed by atoms with van der Waals surface area (Å²) in [6, 6.07) is 12.4. The number of hydrogen-bond donors (Lipinski definition) is 2. The number of rotatable bonds is 7. The van der Waals surface area contributed by atoms with E-state index in [0.717, 1.165) is 64.0 Å². The topological polar surface area (TPSA) is 128 Å². The number of carbonyl (C=O) groups excluding carboxylic acids is 1. The highest BCUT2D eigenvalue weighted by molar-refractivity contribution is 5.83. The molecule has 5 aromatic heterocycles. The lowest BCUT2D eigenvalue weighted by Gasteiger charge is -2.53. The van der Waals surface area contributed by atoms with Gasteiger partial charge in [0.1, 0.15) is 11.3 Å². The second-order valence-electron chi connectivity index (χ2n) is 13.1. The van der Waals surface area contributed by atoms with Crippen molar-refractivity contribution < 1.29 is 9.53 Å². The van der Waals surface area contributed by atoms with Gasteiger partial charge in [0, 0.05) is 57.4 Å². The molecule has 1 unspecified atom stereocenters. The molecule has 246 valence electrons. The number of ether oxygens (including phenoxy) is 1. The van der Waals surface area contributed by atoms with Crippen molar-refractivity contribution in [1.29, 1.82) is 0 Å². The molecule has 0 radical (unpaired) electrons. The van der Waals surface area contributed by atoms with Crippen molar-refractivity contribution in [1.82, 2.24) is 28.8 Å². The molecule has 2 saturated heterocycles. The molecule has 0 bridgehead atoms. The maximum Gasteiger partial charge on any atom is 0.280 e. The van der Waals surface area contributed by atoms with E-state index in [1.54, 1.807) is 31.4 Å². The van der Waals surface area contributed by atoms with Gasteiger partial charge >= 0.3 is 0 Å². The predicted octanol–water partition coefficient (Wildman–Crippen LogP) is 3.64. The highest BCUT2D eigenvalue weighted by Gasteiger charge is 2.45. The number of fused-ring (bicyclic) bond motifs is 3. The minimum Gasteiger partial charge on any atom is -0.376 e. The fourth-order valence-corrected chi connectivity index (χ4v) is 7.55. The number of aldehydes is 1. The lowest BCUT2D eigenvalue weighted by Crippen LogP contribution is -2.68. The zero-order valence-electron chi connectivity index (χ0n) is 27.1. The average molecular weight is 647 g/mol. The molecule has 0 spiro atoms. The third kappa shape index (κ3) is 4.94.